The minimum Gasteiger partial charge on any atom is -0.389 e. The molecule has 0 amide bonds. The minimum absolute atomic E-state index is 0.204. The molecule has 0 aliphatic rings. The van der Waals surface area contributed by atoms with E-state index in [0.717, 1.165) is 22.5 Å². The van der Waals surface area contributed by atoms with Crippen LogP contribution in [0.2, 0.25) is 0 Å². The number of hydrogen-bond acceptors (Lipinski definition) is 4. The molecule has 7 heteroatoms. The topological polar surface area (TPSA) is 72.2 Å². The molecule has 0 spiro atoms. The molecular weight excluding hydrogens is 312 g/mol. The smallest absolute Gasteiger partial charge is 0.250 e. The second-order valence-electron chi connectivity index (χ2n) is 4.29. The van der Waals surface area contributed by atoms with E-state index in [9.17, 15) is 8.42 Å². The third-order valence-electron chi connectivity index (χ3n) is 2.68. The van der Waals surface area contributed by atoms with E-state index in [1.807, 2.05) is 31.2 Å². The average molecular weight is 326 g/mol. The summed E-state index contributed by atoms with van der Waals surface area (Å²) < 4.78 is 27.0. The van der Waals surface area contributed by atoms with Crippen LogP contribution in [0.3, 0.4) is 0 Å². The lowest BCUT2D eigenvalue weighted by atomic mass is 10.2. The number of thiocarbonyl (C=S) groups is 1. The van der Waals surface area contributed by atoms with E-state index < -0.39 is 10.0 Å². The van der Waals surface area contributed by atoms with Crippen LogP contribution in [0, 0.1) is 6.92 Å². The molecule has 0 radical (unpaired) electrons. The number of hydrogen-bond donors (Lipinski definition) is 2. The van der Waals surface area contributed by atoms with Gasteiger partial charge >= 0.3 is 0 Å². The molecule has 0 atom stereocenters. The maximum absolute atomic E-state index is 12.1. The Kier molecular flexibility index (Phi) is 4.54. The molecule has 0 unspecified atom stereocenters. The summed E-state index contributed by atoms with van der Waals surface area (Å²) >= 11 is 5.89. The fourth-order valence-electron chi connectivity index (χ4n) is 1.55. The molecule has 3 N–H and O–H groups in total. The van der Waals surface area contributed by atoms with Crippen LogP contribution < -0.4 is 10.5 Å². The van der Waals surface area contributed by atoms with Crippen LogP contribution in [-0.2, 0) is 16.6 Å². The normalized spacial score (nSPS) is 11.4. The van der Waals surface area contributed by atoms with Crippen molar-refractivity contribution in [3.8, 4) is 0 Å². The monoisotopic (exact) mass is 326 g/mol. The first kappa shape index (κ1) is 15.1. The molecule has 0 saturated heterocycles. The Hall–Kier alpha value is -1.28. The van der Waals surface area contributed by atoms with Gasteiger partial charge in [-0.25, -0.2) is 13.1 Å². The van der Waals surface area contributed by atoms with E-state index in [-0.39, 0.29) is 15.7 Å². The van der Waals surface area contributed by atoms with Crippen molar-refractivity contribution in [2.75, 3.05) is 0 Å². The second kappa shape index (κ2) is 6.01. The number of nitrogens with two attached hydrogens (primary N) is 1. The summed E-state index contributed by atoms with van der Waals surface area (Å²) in [6, 6.07) is 10.8. The van der Waals surface area contributed by atoms with Crippen LogP contribution >= 0.6 is 23.6 Å². The van der Waals surface area contributed by atoms with Gasteiger partial charge in [-0.15, -0.1) is 11.3 Å². The van der Waals surface area contributed by atoms with Gasteiger partial charge in [-0.05, 0) is 24.6 Å². The summed E-state index contributed by atoms with van der Waals surface area (Å²) in [5, 5.41) is 0. The molecule has 0 bridgehead atoms. The van der Waals surface area contributed by atoms with Gasteiger partial charge in [0.1, 0.15) is 9.20 Å². The summed E-state index contributed by atoms with van der Waals surface area (Å²) in [6.45, 7) is 2.24. The first-order chi connectivity index (χ1) is 9.38. The van der Waals surface area contributed by atoms with Gasteiger partial charge in [-0.3, -0.25) is 0 Å². The fourth-order valence-corrected chi connectivity index (χ4v) is 3.97. The lowest BCUT2D eigenvalue weighted by molar-refractivity contribution is 0.583. The number of sulfonamides is 1. The number of nitrogens with one attached hydrogen (secondary N) is 1. The summed E-state index contributed by atoms with van der Waals surface area (Å²) in [4.78, 5) is 0.797. The second-order valence-corrected chi connectivity index (χ2v) is 7.81. The number of thiophene rings is 1. The van der Waals surface area contributed by atoms with Crippen molar-refractivity contribution in [3.63, 3.8) is 0 Å². The Labute approximate surface area is 127 Å². The Bertz CT molecular complexity index is 718. The molecule has 0 aliphatic heterocycles. The quantitative estimate of drug-likeness (QED) is 0.826. The molecule has 20 heavy (non-hydrogen) atoms. The summed E-state index contributed by atoms with van der Waals surface area (Å²) in [7, 11) is -3.53. The molecule has 4 nitrogen and oxygen atoms in total. The summed E-state index contributed by atoms with van der Waals surface area (Å²) in [5.74, 6) is 0. The van der Waals surface area contributed by atoms with Gasteiger partial charge in [-0.1, -0.05) is 42.0 Å². The SMILES string of the molecule is Cc1ccc(CNS(=O)(=O)c2ccc(C(N)=S)s2)cc1. The predicted octanol–water partition coefficient (Wildman–Crippen LogP) is 2.17. The molecule has 0 fully saturated rings. The molecule has 0 saturated carbocycles. The highest BCUT2D eigenvalue weighted by molar-refractivity contribution is 7.91. The maximum atomic E-state index is 12.1. The van der Waals surface area contributed by atoms with E-state index >= 15 is 0 Å². The first-order valence-electron chi connectivity index (χ1n) is 5.83. The molecule has 2 aromatic rings. The van der Waals surface area contributed by atoms with E-state index in [2.05, 4.69) is 4.72 Å². The van der Waals surface area contributed by atoms with Gasteiger partial charge in [0.05, 0.1) is 4.88 Å². The van der Waals surface area contributed by atoms with Gasteiger partial charge in [0, 0.05) is 6.54 Å². The summed E-state index contributed by atoms with van der Waals surface area (Å²) in [5.41, 5.74) is 7.52. The van der Waals surface area contributed by atoms with Crippen LogP contribution in [0.4, 0.5) is 0 Å². The van der Waals surface area contributed by atoms with Crippen LogP contribution in [0.1, 0.15) is 16.0 Å². The van der Waals surface area contributed by atoms with Crippen LogP contribution in [0.15, 0.2) is 40.6 Å². The van der Waals surface area contributed by atoms with Gasteiger partial charge in [-0.2, -0.15) is 0 Å². The van der Waals surface area contributed by atoms with Gasteiger partial charge in [0.2, 0.25) is 10.0 Å². The van der Waals surface area contributed by atoms with E-state index in [4.69, 9.17) is 18.0 Å². The Balaban J connectivity index is 2.10. The van der Waals surface area contributed by atoms with Crippen LogP contribution in [0.25, 0.3) is 0 Å². The van der Waals surface area contributed by atoms with E-state index in [1.165, 1.54) is 6.07 Å². The van der Waals surface area contributed by atoms with Crippen molar-refractivity contribution in [2.24, 2.45) is 5.73 Å². The third kappa shape index (κ3) is 3.63. The van der Waals surface area contributed by atoms with Crippen molar-refractivity contribution in [1.29, 1.82) is 0 Å². The standard InChI is InChI=1S/C13H14N2O2S3/c1-9-2-4-10(5-3-9)8-15-20(16,17)12-7-6-11(19-12)13(14)18/h2-7,15H,8H2,1H3,(H2,14,18). The zero-order chi connectivity index (χ0) is 14.8. The predicted molar refractivity (Wildman–Crippen MR) is 85.4 cm³/mol. The minimum atomic E-state index is -3.53. The van der Waals surface area contributed by atoms with Crippen molar-refractivity contribution in [1.82, 2.24) is 4.72 Å². The highest BCUT2D eigenvalue weighted by Gasteiger charge is 2.17. The molecule has 2 rings (SSSR count). The number of benzene rings is 1. The number of rotatable bonds is 5. The Morgan fingerprint density at radius 3 is 2.45 bits per heavy atom. The zero-order valence-corrected chi connectivity index (χ0v) is 13.2. The third-order valence-corrected chi connectivity index (χ3v) is 6.04. The summed E-state index contributed by atoms with van der Waals surface area (Å²) in [6.07, 6.45) is 0. The highest BCUT2D eigenvalue weighted by Crippen LogP contribution is 2.21. The van der Waals surface area contributed by atoms with Crippen molar-refractivity contribution in [3.05, 3.63) is 52.4 Å². The lowest BCUT2D eigenvalue weighted by Crippen LogP contribution is -2.22. The number of aryl methyl sites for hydroxylation is 1. The first-order valence-corrected chi connectivity index (χ1v) is 8.54. The van der Waals surface area contributed by atoms with Gasteiger partial charge < -0.3 is 5.73 Å². The van der Waals surface area contributed by atoms with Gasteiger partial charge in [0.15, 0.2) is 0 Å². The highest BCUT2D eigenvalue weighted by atomic mass is 32.2. The van der Waals surface area contributed by atoms with Crippen LogP contribution in [-0.4, -0.2) is 13.4 Å². The molecule has 106 valence electrons. The molecule has 1 aromatic carbocycles. The molecule has 1 heterocycles. The van der Waals surface area contributed by atoms with Crippen molar-refractivity contribution < 1.29 is 8.42 Å². The van der Waals surface area contributed by atoms with E-state index in [0.29, 0.717) is 4.88 Å². The van der Waals surface area contributed by atoms with Crippen LogP contribution in [0.5, 0.6) is 0 Å². The fraction of sp³-hybridized carbons (Fsp3) is 0.154. The molecular formula is C13H14N2O2S3. The molecule has 0 aliphatic carbocycles. The largest absolute Gasteiger partial charge is 0.389 e. The van der Waals surface area contributed by atoms with Gasteiger partial charge in [0.25, 0.3) is 0 Å². The average Bonchev–Trinajstić information content (AvgIpc) is 2.89. The lowest BCUT2D eigenvalue weighted by Gasteiger charge is -2.05. The zero-order valence-electron chi connectivity index (χ0n) is 10.8. The Morgan fingerprint density at radius 1 is 1.25 bits per heavy atom. The molecule has 1 aromatic heterocycles. The maximum Gasteiger partial charge on any atom is 0.250 e. The van der Waals surface area contributed by atoms with E-state index in [1.54, 1.807) is 6.07 Å². The van der Waals surface area contributed by atoms with Crippen molar-refractivity contribution >= 4 is 38.6 Å². The van der Waals surface area contributed by atoms with Crippen molar-refractivity contribution in [2.45, 2.75) is 17.7 Å². The Morgan fingerprint density at radius 2 is 1.90 bits per heavy atom.